The van der Waals surface area contributed by atoms with Gasteiger partial charge in [0, 0.05) is 18.8 Å². The van der Waals surface area contributed by atoms with Gasteiger partial charge in [-0.2, -0.15) is 5.10 Å². The monoisotopic (exact) mass is 324 g/mol. The Balaban J connectivity index is 1.92. The molecule has 102 valence electrons. The van der Waals surface area contributed by atoms with Crippen molar-refractivity contribution in [3.63, 3.8) is 0 Å². The van der Waals surface area contributed by atoms with Crippen molar-refractivity contribution >= 4 is 27.4 Å². The van der Waals surface area contributed by atoms with Crippen LogP contribution >= 0.6 is 15.9 Å². The van der Waals surface area contributed by atoms with Gasteiger partial charge >= 0.3 is 0 Å². The van der Waals surface area contributed by atoms with E-state index < -0.39 is 0 Å². The van der Waals surface area contributed by atoms with Crippen LogP contribution in [0.15, 0.2) is 22.9 Å². The predicted octanol–water partition coefficient (Wildman–Crippen LogP) is 2.23. The first kappa shape index (κ1) is 12.9. The van der Waals surface area contributed by atoms with Gasteiger partial charge in [0.15, 0.2) is 5.65 Å². The second-order valence-electron chi connectivity index (χ2n) is 5.12. The highest BCUT2D eigenvalue weighted by molar-refractivity contribution is 9.10. The molecule has 6 heteroatoms. The molecule has 2 unspecified atom stereocenters. The van der Waals surface area contributed by atoms with Crippen LogP contribution in [0.1, 0.15) is 26.2 Å². The Morgan fingerprint density at radius 2 is 2.42 bits per heavy atom. The third kappa shape index (κ3) is 2.47. The van der Waals surface area contributed by atoms with E-state index in [0.717, 1.165) is 41.7 Å². The summed E-state index contributed by atoms with van der Waals surface area (Å²) < 4.78 is 2.66. The maximum Gasteiger partial charge on any atom is 0.171 e. The molecule has 1 fully saturated rings. The zero-order chi connectivity index (χ0) is 13.4. The number of aliphatic hydroxyl groups is 1. The molecule has 19 heavy (non-hydrogen) atoms. The average molecular weight is 325 g/mol. The summed E-state index contributed by atoms with van der Waals surface area (Å²) in [4.78, 5) is 6.97. The van der Waals surface area contributed by atoms with E-state index in [-0.39, 0.29) is 6.10 Å². The standard InChI is InChI=1S/C13H17BrN4O/c1-9(19)7-10-3-2-5-17(10)12-4-6-18-13(16-12)11(14)8-15-18/h4,6,8-10,19H,2-3,5,7H2,1H3. The average Bonchev–Trinajstić information content (AvgIpc) is 2.96. The molecule has 0 saturated carbocycles. The summed E-state index contributed by atoms with van der Waals surface area (Å²) in [5.74, 6) is 0.969. The maximum absolute atomic E-state index is 9.59. The third-order valence-electron chi connectivity index (χ3n) is 3.60. The zero-order valence-electron chi connectivity index (χ0n) is 10.8. The molecule has 5 nitrogen and oxygen atoms in total. The minimum atomic E-state index is -0.268. The smallest absolute Gasteiger partial charge is 0.171 e. The van der Waals surface area contributed by atoms with Gasteiger partial charge in [0.1, 0.15) is 5.82 Å². The highest BCUT2D eigenvalue weighted by atomic mass is 79.9. The van der Waals surface area contributed by atoms with Gasteiger partial charge in [0.05, 0.1) is 16.8 Å². The lowest BCUT2D eigenvalue weighted by Crippen LogP contribution is -2.32. The Kier molecular flexibility index (Phi) is 3.45. The van der Waals surface area contributed by atoms with Crippen LogP contribution < -0.4 is 4.90 Å². The molecule has 1 aliphatic rings. The fraction of sp³-hybridized carbons (Fsp3) is 0.538. The molecule has 0 amide bonds. The largest absolute Gasteiger partial charge is 0.393 e. The molecule has 1 saturated heterocycles. The van der Waals surface area contributed by atoms with Gasteiger partial charge in [-0.3, -0.25) is 0 Å². The molecule has 0 bridgehead atoms. The maximum atomic E-state index is 9.59. The van der Waals surface area contributed by atoms with Gasteiger partial charge in [-0.1, -0.05) is 0 Å². The fourth-order valence-corrected chi connectivity index (χ4v) is 3.13. The minimum Gasteiger partial charge on any atom is -0.393 e. The summed E-state index contributed by atoms with van der Waals surface area (Å²) in [5.41, 5.74) is 0.834. The van der Waals surface area contributed by atoms with Gasteiger partial charge in [0.25, 0.3) is 0 Å². The number of anilines is 1. The third-order valence-corrected chi connectivity index (χ3v) is 4.16. The van der Waals surface area contributed by atoms with Crippen molar-refractivity contribution in [1.82, 2.24) is 14.6 Å². The van der Waals surface area contributed by atoms with Crippen molar-refractivity contribution in [1.29, 1.82) is 0 Å². The number of aliphatic hydroxyl groups excluding tert-OH is 1. The predicted molar refractivity (Wildman–Crippen MR) is 77.4 cm³/mol. The molecule has 3 rings (SSSR count). The van der Waals surface area contributed by atoms with E-state index >= 15 is 0 Å². The second-order valence-corrected chi connectivity index (χ2v) is 5.97. The first-order chi connectivity index (χ1) is 9.15. The lowest BCUT2D eigenvalue weighted by Gasteiger charge is -2.26. The van der Waals surface area contributed by atoms with E-state index in [1.807, 2.05) is 19.2 Å². The SMILES string of the molecule is CC(O)CC1CCCN1c1ccn2ncc(Br)c2n1. The van der Waals surface area contributed by atoms with Crippen molar-refractivity contribution < 1.29 is 5.11 Å². The fourth-order valence-electron chi connectivity index (χ4n) is 2.77. The van der Waals surface area contributed by atoms with Gasteiger partial charge in [0.2, 0.25) is 0 Å². The summed E-state index contributed by atoms with van der Waals surface area (Å²) in [6, 6.07) is 2.38. The van der Waals surface area contributed by atoms with Crippen LogP contribution in [-0.2, 0) is 0 Å². The van der Waals surface area contributed by atoms with E-state index in [1.165, 1.54) is 0 Å². The number of hydrogen-bond donors (Lipinski definition) is 1. The molecule has 3 heterocycles. The number of nitrogens with zero attached hydrogens (tertiary/aromatic N) is 4. The lowest BCUT2D eigenvalue weighted by atomic mass is 10.1. The summed E-state index contributed by atoms with van der Waals surface area (Å²) >= 11 is 3.46. The van der Waals surface area contributed by atoms with Crippen molar-refractivity contribution in [3.05, 3.63) is 22.9 Å². The Morgan fingerprint density at radius 3 is 3.21 bits per heavy atom. The number of fused-ring (bicyclic) bond motifs is 1. The molecular weight excluding hydrogens is 308 g/mol. The zero-order valence-corrected chi connectivity index (χ0v) is 12.4. The van der Waals surface area contributed by atoms with E-state index in [2.05, 4.69) is 30.9 Å². The molecule has 1 aliphatic heterocycles. The lowest BCUT2D eigenvalue weighted by molar-refractivity contribution is 0.175. The van der Waals surface area contributed by atoms with Crippen molar-refractivity contribution in [2.45, 2.75) is 38.3 Å². The van der Waals surface area contributed by atoms with Crippen LogP contribution in [0.4, 0.5) is 5.82 Å². The Labute approximate surface area is 120 Å². The summed E-state index contributed by atoms with van der Waals surface area (Å²) in [6.45, 7) is 2.85. The highest BCUT2D eigenvalue weighted by Gasteiger charge is 2.27. The van der Waals surface area contributed by atoms with Gasteiger partial charge < -0.3 is 10.0 Å². The van der Waals surface area contributed by atoms with Crippen LogP contribution in [0.2, 0.25) is 0 Å². The van der Waals surface area contributed by atoms with Crippen molar-refractivity contribution in [2.24, 2.45) is 0 Å². The van der Waals surface area contributed by atoms with Crippen LogP contribution in [0.3, 0.4) is 0 Å². The van der Waals surface area contributed by atoms with Crippen LogP contribution in [0, 0.1) is 0 Å². The number of aromatic nitrogens is 3. The summed E-state index contributed by atoms with van der Waals surface area (Å²) in [6.07, 6.45) is 6.50. The molecule has 1 N–H and O–H groups in total. The normalized spacial score (nSPS) is 21.2. The summed E-state index contributed by atoms with van der Waals surface area (Å²) in [5, 5.41) is 13.8. The molecule has 2 atom stereocenters. The van der Waals surface area contributed by atoms with E-state index in [1.54, 1.807) is 10.7 Å². The number of halogens is 1. The Hall–Kier alpha value is -1.14. The minimum absolute atomic E-state index is 0.268. The molecule has 0 radical (unpaired) electrons. The first-order valence-electron chi connectivity index (χ1n) is 6.60. The van der Waals surface area contributed by atoms with Crippen molar-refractivity contribution in [2.75, 3.05) is 11.4 Å². The van der Waals surface area contributed by atoms with Crippen molar-refractivity contribution in [3.8, 4) is 0 Å². The summed E-state index contributed by atoms with van der Waals surface area (Å²) in [7, 11) is 0. The topological polar surface area (TPSA) is 53.7 Å². The molecule has 0 aromatic carbocycles. The van der Waals surface area contributed by atoms with E-state index in [9.17, 15) is 5.11 Å². The Morgan fingerprint density at radius 1 is 1.58 bits per heavy atom. The molecule has 0 aliphatic carbocycles. The molecule has 0 spiro atoms. The van der Waals surface area contributed by atoms with Crippen LogP contribution in [0.25, 0.3) is 5.65 Å². The Bertz CT molecular complexity index is 583. The second kappa shape index (κ2) is 5.09. The van der Waals surface area contributed by atoms with Gasteiger partial charge in [-0.15, -0.1) is 0 Å². The first-order valence-corrected chi connectivity index (χ1v) is 7.39. The number of rotatable bonds is 3. The molecule has 2 aromatic heterocycles. The van der Waals surface area contributed by atoms with Gasteiger partial charge in [-0.05, 0) is 48.2 Å². The quantitative estimate of drug-likeness (QED) is 0.940. The van der Waals surface area contributed by atoms with E-state index in [4.69, 9.17) is 0 Å². The van der Waals surface area contributed by atoms with Crippen LogP contribution in [-0.4, -0.2) is 38.4 Å². The molecular formula is C13H17BrN4O. The van der Waals surface area contributed by atoms with Crippen LogP contribution in [0.5, 0.6) is 0 Å². The highest BCUT2D eigenvalue weighted by Crippen LogP contribution is 2.28. The number of hydrogen-bond acceptors (Lipinski definition) is 4. The molecule has 2 aromatic rings. The van der Waals surface area contributed by atoms with E-state index in [0.29, 0.717) is 6.04 Å². The van der Waals surface area contributed by atoms with Gasteiger partial charge in [-0.25, -0.2) is 9.50 Å².